The van der Waals surface area contributed by atoms with Crippen molar-refractivity contribution < 1.29 is 14.7 Å². The van der Waals surface area contributed by atoms with Crippen LogP contribution in [0.4, 0.5) is 0 Å². The number of carboxylic acids is 1. The van der Waals surface area contributed by atoms with Crippen LogP contribution in [-0.2, 0) is 9.59 Å². The largest absolute Gasteiger partial charge is 0.481 e. The summed E-state index contributed by atoms with van der Waals surface area (Å²) in [5.74, 6) is -0.915. The summed E-state index contributed by atoms with van der Waals surface area (Å²) in [5.41, 5.74) is 0. The molecular formula is C9H16N2O3. The van der Waals surface area contributed by atoms with Crippen LogP contribution in [0.1, 0.15) is 20.3 Å². The number of aliphatic carboxylic acids is 1. The molecule has 0 aliphatic carbocycles. The smallest absolute Gasteiger partial charge is 0.305 e. The molecular weight excluding hydrogens is 184 g/mol. The lowest BCUT2D eigenvalue weighted by atomic mass is 10.1. The lowest BCUT2D eigenvalue weighted by molar-refractivity contribution is -0.141. The lowest BCUT2D eigenvalue weighted by Gasteiger charge is -2.38. The van der Waals surface area contributed by atoms with Gasteiger partial charge in [0.15, 0.2) is 0 Å². The minimum atomic E-state index is -0.863. The van der Waals surface area contributed by atoms with Crippen LogP contribution in [0.3, 0.4) is 0 Å². The topological polar surface area (TPSA) is 69.6 Å². The van der Waals surface area contributed by atoms with E-state index in [1.165, 1.54) is 6.92 Å². The fourth-order valence-electron chi connectivity index (χ4n) is 1.73. The van der Waals surface area contributed by atoms with Gasteiger partial charge in [0.25, 0.3) is 0 Å². The number of nitrogens with one attached hydrogen (secondary N) is 1. The average molecular weight is 200 g/mol. The molecule has 1 heterocycles. The molecule has 5 nitrogen and oxygen atoms in total. The van der Waals surface area contributed by atoms with Crippen LogP contribution in [0.15, 0.2) is 0 Å². The molecule has 1 rings (SSSR count). The molecule has 2 atom stereocenters. The molecule has 0 aromatic rings. The molecule has 0 unspecified atom stereocenters. The Labute approximate surface area is 83.1 Å². The van der Waals surface area contributed by atoms with Crippen molar-refractivity contribution >= 4 is 11.9 Å². The van der Waals surface area contributed by atoms with Crippen molar-refractivity contribution in [2.24, 2.45) is 0 Å². The number of carbonyl (C=O) groups is 2. The quantitative estimate of drug-likeness (QED) is 0.640. The van der Waals surface area contributed by atoms with E-state index in [4.69, 9.17) is 5.11 Å². The summed E-state index contributed by atoms with van der Waals surface area (Å²) in [5, 5.41) is 11.8. The first-order valence-corrected chi connectivity index (χ1v) is 4.73. The van der Waals surface area contributed by atoms with Crippen LogP contribution in [0.25, 0.3) is 0 Å². The highest BCUT2D eigenvalue weighted by Gasteiger charge is 2.28. The monoisotopic (exact) mass is 200 g/mol. The molecule has 14 heavy (non-hydrogen) atoms. The molecule has 0 aromatic heterocycles. The van der Waals surface area contributed by atoms with E-state index in [1.54, 1.807) is 4.90 Å². The lowest BCUT2D eigenvalue weighted by Crippen LogP contribution is -2.57. The van der Waals surface area contributed by atoms with Gasteiger partial charge in [-0.3, -0.25) is 9.59 Å². The molecule has 0 bridgehead atoms. The summed E-state index contributed by atoms with van der Waals surface area (Å²) in [4.78, 5) is 23.4. The van der Waals surface area contributed by atoms with Crippen LogP contribution < -0.4 is 5.32 Å². The normalized spacial score (nSPS) is 27.4. The Morgan fingerprint density at radius 3 is 2.71 bits per heavy atom. The summed E-state index contributed by atoms with van der Waals surface area (Å²) < 4.78 is 0. The number of piperazine rings is 1. The second-order valence-electron chi connectivity index (χ2n) is 3.73. The number of hydrogen-bond acceptors (Lipinski definition) is 3. The van der Waals surface area contributed by atoms with Crippen LogP contribution in [0.5, 0.6) is 0 Å². The van der Waals surface area contributed by atoms with Crippen LogP contribution in [-0.4, -0.2) is 47.1 Å². The number of rotatable bonds is 2. The molecule has 80 valence electrons. The van der Waals surface area contributed by atoms with Gasteiger partial charge in [-0.05, 0) is 6.92 Å². The summed E-state index contributed by atoms with van der Waals surface area (Å²) in [6.07, 6.45) is 0.0132. The van der Waals surface area contributed by atoms with Crippen molar-refractivity contribution in [2.45, 2.75) is 32.4 Å². The number of carbonyl (C=O) groups excluding carboxylic acids is 1. The first-order chi connectivity index (χ1) is 6.50. The number of amides is 1. The molecule has 1 saturated heterocycles. The van der Waals surface area contributed by atoms with E-state index in [0.29, 0.717) is 13.1 Å². The fraction of sp³-hybridized carbons (Fsp3) is 0.778. The van der Waals surface area contributed by atoms with E-state index < -0.39 is 5.97 Å². The highest BCUT2D eigenvalue weighted by atomic mass is 16.4. The minimum absolute atomic E-state index is 0.0132. The SMILES string of the molecule is CC(=O)N1C[C@@H](C)NC[C@H]1CC(=O)O. The van der Waals surface area contributed by atoms with Gasteiger partial charge in [-0.15, -0.1) is 0 Å². The summed E-state index contributed by atoms with van der Waals surface area (Å²) >= 11 is 0. The van der Waals surface area contributed by atoms with Gasteiger partial charge in [0.2, 0.25) is 5.91 Å². The molecule has 1 aliphatic heterocycles. The van der Waals surface area contributed by atoms with Crippen molar-refractivity contribution in [1.29, 1.82) is 0 Å². The predicted molar refractivity (Wildman–Crippen MR) is 50.9 cm³/mol. The van der Waals surface area contributed by atoms with Gasteiger partial charge in [-0.25, -0.2) is 0 Å². The standard InChI is InChI=1S/C9H16N2O3/c1-6-5-11(7(2)12)8(4-10-6)3-9(13)14/h6,8,10H,3-5H2,1-2H3,(H,13,14)/t6-,8-/m1/s1. The molecule has 1 aliphatic rings. The number of nitrogens with zero attached hydrogens (tertiary/aromatic N) is 1. The van der Waals surface area contributed by atoms with E-state index in [1.807, 2.05) is 6.92 Å². The fourth-order valence-corrected chi connectivity index (χ4v) is 1.73. The molecule has 0 aromatic carbocycles. The Bertz CT molecular complexity index is 242. The first-order valence-electron chi connectivity index (χ1n) is 4.73. The van der Waals surface area contributed by atoms with Gasteiger partial charge >= 0.3 is 5.97 Å². The van der Waals surface area contributed by atoms with Crippen LogP contribution in [0.2, 0.25) is 0 Å². The zero-order chi connectivity index (χ0) is 10.7. The van der Waals surface area contributed by atoms with Crippen LogP contribution in [0, 0.1) is 0 Å². The molecule has 2 N–H and O–H groups in total. The Hall–Kier alpha value is -1.10. The molecule has 0 radical (unpaired) electrons. The maximum absolute atomic E-state index is 11.2. The molecule has 5 heteroatoms. The minimum Gasteiger partial charge on any atom is -0.481 e. The predicted octanol–water partition coefficient (Wildman–Crippen LogP) is -0.330. The third kappa shape index (κ3) is 2.70. The Balaban J connectivity index is 2.62. The van der Waals surface area contributed by atoms with Gasteiger partial charge < -0.3 is 15.3 Å². The highest BCUT2D eigenvalue weighted by molar-refractivity contribution is 5.75. The third-order valence-electron chi connectivity index (χ3n) is 2.43. The zero-order valence-corrected chi connectivity index (χ0v) is 8.49. The van der Waals surface area contributed by atoms with Crippen LogP contribution >= 0.6 is 0 Å². The summed E-state index contributed by atoms with van der Waals surface area (Å²) in [6, 6.07) is 0.0325. The van der Waals surface area contributed by atoms with Crippen molar-refractivity contribution in [3.8, 4) is 0 Å². The van der Waals surface area contributed by atoms with E-state index in [9.17, 15) is 9.59 Å². The van der Waals surface area contributed by atoms with Gasteiger partial charge in [-0.1, -0.05) is 0 Å². The molecule has 0 spiro atoms. The van der Waals surface area contributed by atoms with Gasteiger partial charge in [0.1, 0.15) is 0 Å². The Kier molecular flexibility index (Phi) is 3.46. The number of hydrogen-bond donors (Lipinski definition) is 2. The van der Waals surface area contributed by atoms with Crippen molar-refractivity contribution in [3.63, 3.8) is 0 Å². The van der Waals surface area contributed by atoms with Gasteiger partial charge in [-0.2, -0.15) is 0 Å². The van der Waals surface area contributed by atoms with Crippen molar-refractivity contribution in [1.82, 2.24) is 10.2 Å². The third-order valence-corrected chi connectivity index (χ3v) is 2.43. The molecule has 1 amide bonds. The van der Waals surface area contributed by atoms with Gasteiger partial charge in [0.05, 0.1) is 12.5 Å². The van der Waals surface area contributed by atoms with E-state index in [2.05, 4.69) is 5.32 Å². The molecule has 1 fully saturated rings. The van der Waals surface area contributed by atoms with Crippen molar-refractivity contribution in [3.05, 3.63) is 0 Å². The number of carboxylic acid groups (broad SMARTS) is 1. The second kappa shape index (κ2) is 4.41. The maximum atomic E-state index is 11.2. The van der Waals surface area contributed by atoms with E-state index in [0.717, 1.165) is 0 Å². The van der Waals surface area contributed by atoms with E-state index in [-0.39, 0.29) is 24.4 Å². The summed E-state index contributed by atoms with van der Waals surface area (Å²) in [7, 11) is 0. The second-order valence-corrected chi connectivity index (χ2v) is 3.73. The Morgan fingerprint density at radius 1 is 1.57 bits per heavy atom. The van der Waals surface area contributed by atoms with E-state index >= 15 is 0 Å². The highest BCUT2D eigenvalue weighted by Crippen LogP contribution is 2.10. The van der Waals surface area contributed by atoms with Gasteiger partial charge in [0, 0.05) is 26.1 Å². The van der Waals surface area contributed by atoms with Crippen molar-refractivity contribution in [2.75, 3.05) is 13.1 Å². The molecule has 0 saturated carbocycles. The maximum Gasteiger partial charge on any atom is 0.305 e. The Morgan fingerprint density at radius 2 is 2.21 bits per heavy atom. The summed E-state index contributed by atoms with van der Waals surface area (Å²) in [6.45, 7) is 4.61. The first kappa shape index (κ1) is 11.0. The zero-order valence-electron chi connectivity index (χ0n) is 8.49. The average Bonchev–Trinajstić information content (AvgIpc) is 2.07.